The van der Waals surface area contributed by atoms with Gasteiger partial charge in [0.15, 0.2) is 17.2 Å². The first-order chi connectivity index (χ1) is 14.6. The summed E-state index contributed by atoms with van der Waals surface area (Å²) in [6.07, 6.45) is -5.06. The summed E-state index contributed by atoms with van der Waals surface area (Å²) in [5.41, 5.74) is -2.14. The Morgan fingerprint density at radius 1 is 1.10 bits per heavy atom. The molecule has 0 aliphatic rings. The van der Waals surface area contributed by atoms with Gasteiger partial charge < -0.3 is 15.5 Å². The molecule has 166 valence electrons. The molecule has 3 N–H and O–H groups in total. The van der Waals surface area contributed by atoms with Crippen molar-refractivity contribution in [3.05, 3.63) is 65.6 Å². The number of phenolic OH excluding ortho intramolecular Hbond substituents is 1. The standard InChI is InChI=1S/C22H22F4N2O2S/c1-3-31-12-21(30,22(24,25)26)20(15-6-4-7-16(23)19(15)29)28-18-9-5-8-17-14(18)11-10-13(2)27-17/h4-11,20,28-30H,3,12H2,1-2H3. The molecule has 2 aromatic carbocycles. The lowest BCUT2D eigenvalue weighted by Crippen LogP contribution is -2.54. The molecule has 0 saturated carbocycles. The minimum atomic E-state index is -5.06. The van der Waals surface area contributed by atoms with Crippen molar-refractivity contribution in [2.45, 2.75) is 31.7 Å². The zero-order valence-corrected chi connectivity index (χ0v) is 17.7. The first-order valence-electron chi connectivity index (χ1n) is 9.55. The molecule has 4 nitrogen and oxygen atoms in total. The maximum absolute atomic E-state index is 14.2. The molecule has 1 heterocycles. The lowest BCUT2D eigenvalue weighted by molar-refractivity contribution is -0.256. The molecule has 0 saturated heterocycles. The van der Waals surface area contributed by atoms with Crippen LogP contribution in [-0.2, 0) is 0 Å². The van der Waals surface area contributed by atoms with Gasteiger partial charge in [-0.05, 0) is 43.0 Å². The number of pyridine rings is 1. The van der Waals surface area contributed by atoms with Crippen molar-refractivity contribution in [3.8, 4) is 5.75 Å². The Hall–Kier alpha value is -2.52. The van der Waals surface area contributed by atoms with Crippen LogP contribution < -0.4 is 5.32 Å². The molecule has 9 heteroatoms. The number of hydrogen-bond acceptors (Lipinski definition) is 5. The SMILES string of the molecule is CCSCC(O)(C(Nc1cccc2nc(C)ccc12)c1cccc(F)c1O)C(F)(F)F. The average molecular weight is 454 g/mol. The molecule has 0 fully saturated rings. The highest BCUT2D eigenvalue weighted by atomic mass is 32.2. The molecule has 0 aliphatic carbocycles. The molecule has 2 atom stereocenters. The molecular weight excluding hydrogens is 432 g/mol. The van der Waals surface area contributed by atoms with Crippen LogP contribution in [0.15, 0.2) is 48.5 Å². The number of halogens is 4. The number of hydrogen-bond donors (Lipinski definition) is 3. The topological polar surface area (TPSA) is 65.4 Å². The highest BCUT2D eigenvalue weighted by Crippen LogP contribution is 2.46. The van der Waals surface area contributed by atoms with E-state index in [4.69, 9.17) is 0 Å². The van der Waals surface area contributed by atoms with E-state index in [1.54, 1.807) is 44.2 Å². The Morgan fingerprint density at radius 2 is 1.81 bits per heavy atom. The highest BCUT2D eigenvalue weighted by Gasteiger charge is 2.59. The zero-order chi connectivity index (χ0) is 22.8. The van der Waals surface area contributed by atoms with Gasteiger partial charge in [0, 0.05) is 28.1 Å². The van der Waals surface area contributed by atoms with Crippen LogP contribution in [0.1, 0.15) is 24.2 Å². The third-order valence-electron chi connectivity index (χ3n) is 4.99. The van der Waals surface area contributed by atoms with Crippen molar-refractivity contribution < 1.29 is 27.8 Å². The molecular formula is C22H22F4N2O2S. The zero-order valence-electron chi connectivity index (χ0n) is 16.9. The Balaban J connectivity index is 2.20. The number of nitrogens with one attached hydrogen (secondary N) is 1. The quantitative estimate of drug-likeness (QED) is 0.407. The fourth-order valence-corrected chi connectivity index (χ4v) is 4.19. The van der Waals surface area contributed by atoms with Crippen LogP contribution in [0.3, 0.4) is 0 Å². The summed E-state index contributed by atoms with van der Waals surface area (Å²) in [7, 11) is 0. The number of aromatic hydroxyl groups is 1. The summed E-state index contributed by atoms with van der Waals surface area (Å²) in [6, 6.07) is 9.71. The first kappa shape index (κ1) is 23.1. The van der Waals surface area contributed by atoms with Gasteiger partial charge >= 0.3 is 6.18 Å². The van der Waals surface area contributed by atoms with Crippen LogP contribution in [-0.4, -0.2) is 38.5 Å². The van der Waals surface area contributed by atoms with Crippen LogP contribution >= 0.6 is 11.8 Å². The molecule has 0 spiro atoms. The van der Waals surface area contributed by atoms with Crippen molar-refractivity contribution in [3.63, 3.8) is 0 Å². The number of alkyl halides is 3. The monoisotopic (exact) mass is 454 g/mol. The van der Waals surface area contributed by atoms with Crippen molar-refractivity contribution in [2.24, 2.45) is 0 Å². The van der Waals surface area contributed by atoms with Crippen LogP contribution in [0, 0.1) is 12.7 Å². The highest BCUT2D eigenvalue weighted by molar-refractivity contribution is 7.99. The van der Waals surface area contributed by atoms with E-state index in [-0.39, 0.29) is 5.69 Å². The third kappa shape index (κ3) is 4.57. The fourth-order valence-electron chi connectivity index (χ4n) is 3.34. The van der Waals surface area contributed by atoms with E-state index in [0.717, 1.165) is 29.6 Å². The number of nitrogens with zero attached hydrogens (tertiary/aromatic N) is 1. The average Bonchev–Trinajstić information content (AvgIpc) is 2.71. The Kier molecular flexibility index (Phi) is 6.66. The van der Waals surface area contributed by atoms with Crippen molar-refractivity contribution >= 4 is 28.4 Å². The minimum Gasteiger partial charge on any atom is -0.505 e. The molecule has 0 radical (unpaired) electrons. The second kappa shape index (κ2) is 8.92. The van der Waals surface area contributed by atoms with Crippen LogP contribution in [0.25, 0.3) is 10.9 Å². The molecule has 0 aliphatic heterocycles. The van der Waals surface area contributed by atoms with Crippen LogP contribution in [0.4, 0.5) is 23.2 Å². The number of aryl methyl sites for hydroxylation is 1. The number of anilines is 1. The summed E-state index contributed by atoms with van der Waals surface area (Å²) in [5.74, 6) is -2.40. The lowest BCUT2D eigenvalue weighted by Gasteiger charge is -2.39. The number of benzene rings is 2. The molecule has 3 aromatic rings. The van der Waals surface area contributed by atoms with Gasteiger partial charge in [-0.25, -0.2) is 4.39 Å². The largest absolute Gasteiger partial charge is 0.505 e. The predicted molar refractivity (Wildman–Crippen MR) is 115 cm³/mol. The smallest absolute Gasteiger partial charge is 0.420 e. The van der Waals surface area contributed by atoms with Crippen LogP contribution in [0.2, 0.25) is 0 Å². The lowest BCUT2D eigenvalue weighted by atomic mass is 9.88. The number of aliphatic hydroxyl groups is 1. The van der Waals surface area contributed by atoms with Gasteiger partial charge in [0.05, 0.1) is 11.6 Å². The molecule has 0 bridgehead atoms. The number of aromatic nitrogens is 1. The van der Waals surface area contributed by atoms with Gasteiger partial charge in [-0.3, -0.25) is 4.98 Å². The third-order valence-corrected chi connectivity index (χ3v) is 6.05. The Bertz CT molecular complexity index is 1080. The number of fused-ring (bicyclic) bond motifs is 1. The van der Waals surface area contributed by atoms with E-state index in [1.807, 2.05) is 0 Å². The predicted octanol–water partition coefficient (Wildman–Crippen LogP) is 5.59. The second-order valence-electron chi connectivity index (χ2n) is 7.14. The van der Waals surface area contributed by atoms with Gasteiger partial charge in [-0.2, -0.15) is 24.9 Å². The van der Waals surface area contributed by atoms with E-state index < -0.39 is 40.7 Å². The van der Waals surface area contributed by atoms with E-state index in [2.05, 4.69) is 10.3 Å². The van der Waals surface area contributed by atoms with Gasteiger partial charge in [0.2, 0.25) is 0 Å². The summed E-state index contributed by atoms with van der Waals surface area (Å²) < 4.78 is 56.6. The number of phenols is 1. The second-order valence-corrected chi connectivity index (χ2v) is 8.41. The molecule has 2 unspecified atom stereocenters. The van der Waals surface area contributed by atoms with Crippen LogP contribution in [0.5, 0.6) is 5.75 Å². The fraction of sp³-hybridized carbons (Fsp3) is 0.318. The number of rotatable bonds is 7. The van der Waals surface area contributed by atoms with Crippen molar-refractivity contribution in [1.29, 1.82) is 0 Å². The Morgan fingerprint density at radius 3 is 2.48 bits per heavy atom. The number of thioether (sulfide) groups is 1. The molecule has 31 heavy (non-hydrogen) atoms. The molecule has 3 rings (SSSR count). The summed E-state index contributed by atoms with van der Waals surface area (Å²) in [5, 5.41) is 24.4. The summed E-state index contributed by atoms with van der Waals surface area (Å²) in [4.78, 5) is 4.37. The van der Waals surface area contributed by atoms with E-state index in [0.29, 0.717) is 16.7 Å². The normalized spacial score (nSPS) is 14.9. The summed E-state index contributed by atoms with van der Waals surface area (Å²) in [6.45, 7) is 3.46. The van der Waals surface area contributed by atoms with Gasteiger partial charge in [-0.15, -0.1) is 0 Å². The first-order valence-corrected chi connectivity index (χ1v) is 10.7. The maximum atomic E-state index is 14.2. The maximum Gasteiger partial charge on any atom is 0.420 e. The van der Waals surface area contributed by atoms with E-state index in [9.17, 15) is 27.8 Å². The van der Waals surface area contributed by atoms with Crippen molar-refractivity contribution in [2.75, 3.05) is 16.8 Å². The van der Waals surface area contributed by atoms with Crippen molar-refractivity contribution in [1.82, 2.24) is 4.98 Å². The van der Waals surface area contributed by atoms with E-state index >= 15 is 0 Å². The van der Waals surface area contributed by atoms with E-state index in [1.165, 1.54) is 6.07 Å². The molecule has 1 aromatic heterocycles. The van der Waals surface area contributed by atoms with Gasteiger partial charge in [0.1, 0.15) is 0 Å². The van der Waals surface area contributed by atoms with Gasteiger partial charge in [-0.1, -0.05) is 25.1 Å². The van der Waals surface area contributed by atoms with Gasteiger partial charge in [0.25, 0.3) is 0 Å². The molecule has 0 amide bonds. The number of para-hydroxylation sites is 1. The summed E-state index contributed by atoms with van der Waals surface area (Å²) >= 11 is 0.893. The minimum absolute atomic E-state index is 0.267. The Labute approximate surface area is 181 Å².